The van der Waals surface area contributed by atoms with E-state index in [-0.39, 0.29) is 35.4 Å². The molecule has 0 radical (unpaired) electrons. The number of oxime groups is 1. The highest BCUT2D eigenvalue weighted by Gasteiger charge is 2.33. The molecule has 9 nitrogen and oxygen atoms in total. The Kier molecular flexibility index (Phi) is 7.28. The molecule has 2 N–H and O–H groups in total. The highest BCUT2D eigenvalue weighted by molar-refractivity contribution is 5.80. The van der Waals surface area contributed by atoms with E-state index in [4.69, 9.17) is 5.21 Å². The number of nitrogens with zero attached hydrogens (tertiary/aromatic N) is 3. The second kappa shape index (κ2) is 8.95. The van der Waals surface area contributed by atoms with Gasteiger partial charge in [0.1, 0.15) is 0 Å². The van der Waals surface area contributed by atoms with Crippen LogP contribution in [0.25, 0.3) is 0 Å². The Hall–Kier alpha value is -2.71. The van der Waals surface area contributed by atoms with E-state index < -0.39 is 9.85 Å². The molecule has 138 valence electrons. The molecule has 1 aromatic carbocycles. The van der Waals surface area contributed by atoms with E-state index in [0.29, 0.717) is 24.0 Å². The first kappa shape index (κ1) is 20.3. The van der Waals surface area contributed by atoms with Crippen LogP contribution in [0.3, 0.4) is 0 Å². The van der Waals surface area contributed by atoms with Gasteiger partial charge in [-0.05, 0) is 24.3 Å². The monoisotopic (exact) mass is 352 g/mol. The molecule has 0 unspecified atom stereocenters. The third-order valence-corrected chi connectivity index (χ3v) is 4.09. The van der Waals surface area contributed by atoms with Crippen molar-refractivity contribution in [3.05, 3.63) is 37.4 Å². The van der Waals surface area contributed by atoms with Gasteiger partial charge in [-0.3, -0.25) is 20.2 Å². The number of hydrogen-bond acceptors (Lipinski definition) is 7. The van der Waals surface area contributed by atoms with Gasteiger partial charge in [0, 0.05) is 30.3 Å². The van der Waals surface area contributed by atoms with Gasteiger partial charge in [-0.15, -0.1) is 5.16 Å². The van der Waals surface area contributed by atoms with Crippen molar-refractivity contribution in [2.24, 2.45) is 5.16 Å². The molecule has 0 spiro atoms. The highest BCUT2D eigenvalue weighted by atomic mass is 16.6. The van der Waals surface area contributed by atoms with Gasteiger partial charge < -0.3 is 10.5 Å². The Morgan fingerprint density at radius 1 is 1.24 bits per heavy atom. The predicted molar refractivity (Wildman–Crippen MR) is 95.8 cm³/mol. The first-order valence-electron chi connectivity index (χ1n) is 8.19. The smallest absolute Gasteiger partial charge is 0.303 e. The molecule has 0 fully saturated rings. The molecule has 9 heteroatoms. The van der Waals surface area contributed by atoms with Crippen molar-refractivity contribution in [1.82, 2.24) is 0 Å². The van der Waals surface area contributed by atoms with Crippen molar-refractivity contribution >= 4 is 23.3 Å². The third-order valence-electron chi connectivity index (χ3n) is 4.09. The lowest BCUT2D eigenvalue weighted by Gasteiger charge is -2.20. The minimum atomic E-state index is -0.624. The SMILES string of the molecule is CCC(CC)Nc1c([N+](=O)[O-])cc(CC=NO)c(C(C)C)c1[N+](=O)[O-]. The van der Waals surface area contributed by atoms with Crippen LogP contribution in [0.5, 0.6) is 0 Å². The van der Waals surface area contributed by atoms with Crippen molar-refractivity contribution in [2.75, 3.05) is 5.32 Å². The van der Waals surface area contributed by atoms with Gasteiger partial charge in [-0.2, -0.15) is 0 Å². The van der Waals surface area contributed by atoms with Crippen LogP contribution < -0.4 is 5.32 Å². The van der Waals surface area contributed by atoms with Gasteiger partial charge in [0.2, 0.25) is 0 Å². The number of nitro benzene ring substituents is 2. The summed E-state index contributed by atoms with van der Waals surface area (Å²) in [5.74, 6) is -0.231. The van der Waals surface area contributed by atoms with Crippen molar-refractivity contribution in [2.45, 2.75) is 58.9 Å². The maximum Gasteiger partial charge on any atom is 0.303 e. The van der Waals surface area contributed by atoms with Gasteiger partial charge >= 0.3 is 5.69 Å². The fourth-order valence-electron chi connectivity index (χ4n) is 2.85. The topological polar surface area (TPSA) is 131 Å². The Balaban J connectivity index is 3.79. The molecule has 0 aromatic heterocycles. The molecule has 0 aliphatic rings. The highest BCUT2D eigenvalue weighted by Crippen LogP contribution is 2.43. The number of benzene rings is 1. The molecule has 1 aromatic rings. The first-order valence-corrected chi connectivity index (χ1v) is 8.19. The van der Waals surface area contributed by atoms with Gasteiger partial charge in [0.15, 0.2) is 5.69 Å². The van der Waals surface area contributed by atoms with E-state index >= 15 is 0 Å². The van der Waals surface area contributed by atoms with Crippen LogP contribution in [0.15, 0.2) is 11.2 Å². The standard InChI is InChI=1S/C16H24N4O5/c1-5-12(6-2)18-15-13(19(22)23)9-11(7-8-17-21)14(10(3)4)16(15)20(24)25/h8-10,12,18,21H,5-7H2,1-4H3. The molecule has 0 bridgehead atoms. The van der Waals surface area contributed by atoms with Gasteiger partial charge in [0.25, 0.3) is 5.69 Å². The molecule has 0 amide bonds. The Morgan fingerprint density at radius 2 is 1.84 bits per heavy atom. The summed E-state index contributed by atoms with van der Waals surface area (Å²) in [6, 6.07) is 1.22. The van der Waals surface area contributed by atoms with E-state index in [2.05, 4.69) is 10.5 Å². The van der Waals surface area contributed by atoms with Crippen molar-refractivity contribution in [1.29, 1.82) is 0 Å². The van der Waals surface area contributed by atoms with Crippen LogP contribution in [-0.2, 0) is 6.42 Å². The number of hydrogen-bond donors (Lipinski definition) is 2. The lowest BCUT2D eigenvalue weighted by molar-refractivity contribution is -0.393. The van der Waals surface area contributed by atoms with E-state index in [9.17, 15) is 20.2 Å². The summed E-state index contributed by atoms with van der Waals surface area (Å²) in [4.78, 5) is 22.1. The van der Waals surface area contributed by atoms with E-state index in [1.165, 1.54) is 6.07 Å². The largest absolute Gasteiger partial charge is 0.411 e. The summed E-state index contributed by atoms with van der Waals surface area (Å²) in [6.45, 7) is 7.39. The minimum Gasteiger partial charge on any atom is -0.411 e. The zero-order valence-electron chi connectivity index (χ0n) is 14.9. The molecular formula is C16H24N4O5. The van der Waals surface area contributed by atoms with E-state index in [1.54, 1.807) is 13.8 Å². The molecule has 0 saturated heterocycles. The van der Waals surface area contributed by atoms with Crippen LogP contribution in [0.1, 0.15) is 57.6 Å². The maximum absolute atomic E-state index is 11.8. The number of nitrogens with one attached hydrogen (secondary N) is 1. The number of anilines is 1. The number of rotatable bonds is 9. The third kappa shape index (κ3) is 4.65. The Bertz CT molecular complexity index is 669. The molecule has 0 atom stereocenters. The summed E-state index contributed by atoms with van der Waals surface area (Å²) in [5.41, 5.74) is 0.129. The lowest BCUT2D eigenvalue weighted by Crippen LogP contribution is -2.20. The van der Waals surface area contributed by atoms with Gasteiger partial charge in [-0.1, -0.05) is 27.7 Å². The average Bonchev–Trinajstić information content (AvgIpc) is 2.56. The van der Waals surface area contributed by atoms with E-state index in [1.807, 2.05) is 13.8 Å². The van der Waals surface area contributed by atoms with E-state index in [0.717, 1.165) is 6.21 Å². The second-order valence-corrected chi connectivity index (χ2v) is 6.02. The normalized spacial score (nSPS) is 11.4. The molecular weight excluding hydrogens is 328 g/mol. The Morgan fingerprint density at radius 3 is 2.24 bits per heavy atom. The predicted octanol–water partition coefficient (Wildman–Crippen LogP) is 4.23. The second-order valence-electron chi connectivity index (χ2n) is 6.02. The van der Waals surface area contributed by atoms with Crippen LogP contribution >= 0.6 is 0 Å². The molecule has 25 heavy (non-hydrogen) atoms. The first-order chi connectivity index (χ1) is 11.8. The van der Waals surface area contributed by atoms with Crippen LogP contribution in [0.2, 0.25) is 0 Å². The van der Waals surface area contributed by atoms with Gasteiger partial charge in [0.05, 0.1) is 9.85 Å². The quantitative estimate of drug-likeness (QED) is 0.296. The molecule has 0 saturated carbocycles. The fourth-order valence-corrected chi connectivity index (χ4v) is 2.85. The molecule has 0 aliphatic carbocycles. The lowest BCUT2D eigenvalue weighted by atomic mass is 9.91. The maximum atomic E-state index is 11.8. The molecule has 0 aliphatic heterocycles. The van der Waals surface area contributed by atoms with Crippen LogP contribution in [0.4, 0.5) is 17.1 Å². The van der Waals surface area contributed by atoms with Crippen LogP contribution in [0, 0.1) is 20.2 Å². The summed E-state index contributed by atoms with van der Waals surface area (Å²) < 4.78 is 0. The summed E-state index contributed by atoms with van der Waals surface area (Å²) >= 11 is 0. The van der Waals surface area contributed by atoms with Crippen molar-refractivity contribution in [3.63, 3.8) is 0 Å². The van der Waals surface area contributed by atoms with Gasteiger partial charge in [-0.25, -0.2) is 0 Å². The summed E-state index contributed by atoms with van der Waals surface area (Å²) in [5, 5.41) is 37.8. The summed E-state index contributed by atoms with van der Waals surface area (Å²) in [7, 11) is 0. The summed E-state index contributed by atoms with van der Waals surface area (Å²) in [6.07, 6.45) is 2.58. The zero-order chi connectivity index (χ0) is 19.1. The minimum absolute atomic E-state index is 0.0583. The van der Waals surface area contributed by atoms with Crippen LogP contribution in [-0.4, -0.2) is 27.3 Å². The average molecular weight is 352 g/mol. The number of nitro groups is 2. The van der Waals surface area contributed by atoms with Crippen molar-refractivity contribution < 1.29 is 15.1 Å². The molecule has 0 heterocycles. The fraction of sp³-hybridized carbons (Fsp3) is 0.562. The zero-order valence-corrected chi connectivity index (χ0v) is 14.9. The van der Waals surface area contributed by atoms with Crippen molar-refractivity contribution in [3.8, 4) is 0 Å². The Labute approximate surface area is 146 Å². The molecule has 1 rings (SSSR count).